The van der Waals surface area contributed by atoms with Gasteiger partial charge in [0.05, 0.1) is 32.7 Å². The van der Waals surface area contributed by atoms with Crippen LogP contribution in [0.1, 0.15) is 31.2 Å². The van der Waals surface area contributed by atoms with E-state index in [0.717, 1.165) is 18.8 Å². The molecule has 0 radical (unpaired) electrons. The summed E-state index contributed by atoms with van der Waals surface area (Å²) in [6.07, 6.45) is 3.12. The zero-order valence-electron chi connectivity index (χ0n) is 20.6. The van der Waals surface area contributed by atoms with E-state index >= 15 is 0 Å². The average molecular weight is 552 g/mol. The van der Waals surface area contributed by atoms with Crippen molar-refractivity contribution in [1.82, 2.24) is 34.7 Å². The lowest BCUT2D eigenvalue weighted by Crippen LogP contribution is -2.50. The number of nitrogens with one attached hydrogen (secondary N) is 1. The Morgan fingerprint density at radius 3 is 2.45 bits per heavy atom. The molecule has 204 valence electrons. The molecule has 5 heterocycles. The average Bonchev–Trinajstić information content (AvgIpc) is 3.58. The van der Waals surface area contributed by atoms with Crippen LogP contribution in [-0.2, 0) is 14.8 Å². The summed E-state index contributed by atoms with van der Waals surface area (Å²) in [4.78, 5) is 17.6. The number of aromatic nitrogens is 7. The predicted octanol–water partition coefficient (Wildman–Crippen LogP) is 0.237. The number of piperidine rings is 1. The zero-order chi connectivity index (χ0) is 26.9. The molecule has 3 aromatic heterocycles. The molecule has 0 spiro atoms. The molecule has 2 saturated heterocycles. The first-order valence-corrected chi connectivity index (χ1v) is 13.3. The first-order valence-electron chi connectivity index (χ1n) is 11.7. The van der Waals surface area contributed by atoms with Crippen molar-refractivity contribution in [2.75, 3.05) is 43.5 Å². The second kappa shape index (κ2) is 10.6. The van der Waals surface area contributed by atoms with Crippen LogP contribution in [0.15, 0.2) is 18.7 Å². The van der Waals surface area contributed by atoms with Gasteiger partial charge < -0.3 is 24.2 Å². The molecular weight excluding hydrogens is 525 g/mol. The Morgan fingerprint density at radius 1 is 1.11 bits per heavy atom. The fourth-order valence-corrected chi connectivity index (χ4v) is 5.91. The number of anilines is 2. The van der Waals surface area contributed by atoms with Crippen LogP contribution in [0.3, 0.4) is 0 Å². The summed E-state index contributed by atoms with van der Waals surface area (Å²) < 4.78 is 61.0. The van der Waals surface area contributed by atoms with Crippen molar-refractivity contribution in [3.63, 3.8) is 0 Å². The van der Waals surface area contributed by atoms with Gasteiger partial charge in [-0.05, 0) is 19.3 Å². The van der Waals surface area contributed by atoms with Crippen molar-refractivity contribution < 1.29 is 32.1 Å². The molecule has 0 amide bonds. The molecule has 38 heavy (non-hydrogen) atoms. The van der Waals surface area contributed by atoms with Gasteiger partial charge in [-0.15, -0.1) is 10.2 Å². The van der Waals surface area contributed by atoms with E-state index < -0.39 is 33.3 Å². The molecule has 2 aliphatic rings. The predicted molar refractivity (Wildman–Crippen MR) is 129 cm³/mol. The summed E-state index contributed by atoms with van der Waals surface area (Å²) in [5.74, 6) is -0.171. The number of hydrogen-bond acceptors (Lipinski definition) is 13. The monoisotopic (exact) mass is 551 g/mol. The van der Waals surface area contributed by atoms with E-state index in [1.165, 1.54) is 30.0 Å². The van der Waals surface area contributed by atoms with Gasteiger partial charge in [-0.2, -0.15) is 9.97 Å². The fourth-order valence-electron chi connectivity index (χ4n) is 4.50. The van der Waals surface area contributed by atoms with Crippen molar-refractivity contribution in [1.29, 1.82) is 0 Å². The van der Waals surface area contributed by atoms with Gasteiger partial charge in [0.25, 0.3) is 0 Å². The molecule has 2 fully saturated rings. The third-order valence-electron chi connectivity index (χ3n) is 6.22. The van der Waals surface area contributed by atoms with E-state index in [1.807, 2.05) is 0 Å². The maximum absolute atomic E-state index is 13.6. The van der Waals surface area contributed by atoms with E-state index in [-0.39, 0.29) is 48.9 Å². The van der Waals surface area contributed by atoms with Crippen LogP contribution in [0.25, 0.3) is 5.69 Å². The number of hydrogen-bond donors (Lipinski definition) is 2. The number of aliphatic hydroxyl groups excluding tert-OH is 1. The van der Waals surface area contributed by atoms with Crippen molar-refractivity contribution >= 4 is 21.9 Å². The maximum atomic E-state index is 13.6. The van der Waals surface area contributed by atoms with E-state index in [4.69, 9.17) is 14.2 Å². The topological polar surface area (TPSA) is 180 Å². The van der Waals surface area contributed by atoms with Crippen LogP contribution in [-0.4, -0.2) is 93.5 Å². The highest BCUT2D eigenvalue weighted by molar-refractivity contribution is 7.93. The Morgan fingerprint density at radius 2 is 1.82 bits per heavy atom. The van der Waals surface area contributed by atoms with Crippen LogP contribution < -0.4 is 19.1 Å². The quantitative estimate of drug-likeness (QED) is 0.389. The molecule has 0 unspecified atom stereocenters. The van der Waals surface area contributed by atoms with E-state index in [2.05, 4.69) is 34.9 Å². The highest BCUT2D eigenvalue weighted by atomic mass is 32.2. The summed E-state index contributed by atoms with van der Waals surface area (Å²) in [6.45, 7) is 0.554. The lowest BCUT2D eigenvalue weighted by Gasteiger charge is -2.35. The second-order valence-corrected chi connectivity index (χ2v) is 10.7. The minimum atomic E-state index is -4.17. The van der Waals surface area contributed by atoms with Gasteiger partial charge in [0, 0.05) is 19.7 Å². The van der Waals surface area contributed by atoms with Gasteiger partial charge in [0.1, 0.15) is 17.7 Å². The highest BCUT2D eigenvalue weighted by Crippen LogP contribution is 2.37. The lowest BCUT2D eigenvalue weighted by atomic mass is 10.1. The first-order chi connectivity index (χ1) is 18.3. The molecule has 3 aromatic rings. The lowest BCUT2D eigenvalue weighted by molar-refractivity contribution is 0.103. The van der Waals surface area contributed by atoms with E-state index in [0.29, 0.717) is 18.9 Å². The first kappa shape index (κ1) is 25.9. The van der Waals surface area contributed by atoms with Gasteiger partial charge in [-0.25, -0.2) is 22.8 Å². The van der Waals surface area contributed by atoms with Gasteiger partial charge in [-0.1, -0.05) is 0 Å². The molecule has 0 aliphatic carbocycles. The molecule has 0 bridgehead atoms. The standard InChI is InChI=1S/C21H26FN9O6S/c1-35-18-16(19(36-2)26-11-25-18)31-17(15-4-3-5-37-15)27-28-21(31)29-38(33,34)14-6-13(32)9-30(10-14)20-23-7-12(22)8-24-20/h7-8,11,13-15,32H,3-6,9-10H2,1-2H3,(H,28,29)/t13-,14-,15-/m1/s1. The largest absolute Gasteiger partial charge is 0.479 e. The summed E-state index contributed by atoms with van der Waals surface area (Å²) in [6, 6.07) is 0. The highest BCUT2D eigenvalue weighted by Gasteiger charge is 2.38. The number of aliphatic hydroxyl groups is 1. The number of ether oxygens (including phenoxy) is 3. The molecule has 0 saturated carbocycles. The molecule has 0 aromatic carbocycles. The zero-order valence-corrected chi connectivity index (χ0v) is 21.4. The Labute approximate surface area is 217 Å². The Balaban J connectivity index is 1.51. The Bertz CT molecular complexity index is 1360. The summed E-state index contributed by atoms with van der Waals surface area (Å²) in [5, 5.41) is 17.7. The third kappa shape index (κ3) is 5.03. The van der Waals surface area contributed by atoms with Crippen molar-refractivity contribution in [2.24, 2.45) is 0 Å². The van der Waals surface area contributed by atoms with E-state index in [9.17, 15) is 17.9 Å². The van der Waals surface area contributed by atoms with Crippen LogP contribution in [0, 0.1) is 5.82 Å². The van der Waals surface area contributed by atoms with Crippen LogP contribution >= 0.6 is 0 Å². The number of nitrogens with zero attached hydrogens (tertiary/aromatic N) is 8. The number of β-amino-alcohol motifs (C(OH)–C–C–N with tert-alkyl or cyclic N) is 1. The normalized spacial score (nSPS) is 21.9. The van der Waals surface area contributed by atoms with E-state index in [1.54, 1.807) is 0 Å². The minimum Gasteiger partial charge on any atom is -0.479 e. The smallest absolute Gasteiger partial charge is 0.245 e. The Hall–Kier alpha value is -3.70. The minimum absolute atomic E-state index is 0.0498. The summed E-state index contributed by atoms with van der Waals surface area (Å²) in [5.41, 5.74) is 0.190. The Kier molecular flexibility index (Phi) is 7.22. The van der Waals surface area contributed by atoms with Crippen LogP contribution in [0.4, 0.5) is 16.3 Å². The fraction of sp³-hybridized carbons (Fsp3) is 0.524. The van der Waals surface area contributed by atoms with Crippen molar-refractivity contribution in [3.05, 3.63) is 30.4 Å². The van der Waals surface area contributed by atoms with Gasteiger partial charge in [-0.3, -0.25) is 9.29 Å². The molecule has 2 aliphatic heterocycles. The second-order valence-electron chi connectivity index (χ2n) is 8.72. The van der Waals surface area contributed by atoms with Crippen LogP contribution in [0.5, 0.6) is 11.8 Å². The molecule has 15 nitrogen and oxygen atoms in total. The van der Waals surface area contributed by atoms with Crippen molar-refractivity contribution in [2.45, 2.75) is 36.7 Å². The SMILES string of the molecule is COc1ncnc(OC)c1-n1c(NS(=O)(=O)[C@@H]2C[C@@H](O)CN(c3ncc(F)cn3)C2)nnc1[C@H]1CCCO1. The van der Waals surface area contributed by atoms with Gasteiger partial charge in [0.2, 0.25) is 33.7 Å². The van der Waals surface area contributed by atoms with Gasteiger partial charge in [0.15, 0.2) is 17.3 Å². The number of halogens is 1. The number of sulfonamides is 1. The molecule has 3 atom stereocenters. The summed E-state index contributed by atoms with van der Waals surface area (Å²) in [7, 11) is -1.36. The third-order valence-corrected chi connectivity index (χ3v) is 7.91. The van der Waals surface area contributed by atoms with Crippen LogP contribution in [0.2, 0.25) is 0 Å². The molecule has 5 rings (SSSR count). The molecular formula is C21H26FN9O6S. The maximum Gasteiger partial charge on any atom is 0.245 e. The number of rotatable bonds is 8. The molecule has 17 heteroatoms. The molecule has 2 N–H and O–H groups in total. The summed E-state index contributed by atoms with van der Waals surface area (Å²) >= 11 is 0. The van der Waals surface area contributed by atoms with Gasteiger partial charge >= 0.3 is 0 Å². The van der Waals surface area contributed by atoms with Crippen molar-refractivity contribution in [3.8, 4) is 17.4 Å². The number of methoxy groups -OCH3 is 2.